The molecule has 84 valence electrons. The van der Waals surface area contributed by atoms with Crippen LogP contribution in [0.5, 0.6) is 0 Å². The van der Waals surface area contributed by atoms with E-state index in [1.807, 2.05) is 23.1 Å². The zero-order valence-electron chi connectivity index (χ0n) is 9.69. The average molecular weight is 207 g/mol. The van der Waals surface area contributed by atoms with Gasteiger partial charge >= 0.3 is 0 Å². The summed E-state index contributed by atoms with van der Waals surface area (Å²) in [7, 11) is 0. The minimum Gasteiger partial charge on any atom is -0.310 e. The summed E-state index contributed by atoms with van der Waals surface area (Å²) < 4.78 is 1.99. The van der Waals surface area contributed by atoms with Crippen LogP contribution < -0.4 is 5.32 Å². The Kier molecular flexibility index (Phi) is 3.41. The lowest BCUT2D eigenvalue weighted by Crippen LogP contribution is -2.37. The van der Waals surface area contributed by atoms with Crippen molar-refractivity contribution in [1.29, 1.82) is 0 Å². The monoisotopic (exact) mass is 207 g/mol. The standard InChI is InChI=1S/C12H21N3/c1-10(8-12-4-5-12)14-11(2)9-15-7-3-6-13-15/h3,6-7,10-12,14H,4-5,8-9H2,1-2H3. The molecule has 1 N–H and O–H groups in total. The molecule has 0 aliphatic heterocycles. The maximum atomic E-state index is 4.21. The molecule has 0 radical (unpaired) electrons. The second-order valence-electron chi connectivity index (χ2n) is 4.88. The quantitative estimate of drug-likeness (QED) is 0.773. The molecule has 0 amide bonds. The van der Waals surface area contributed by atoms with Gasteiger partial charge in [0.25, 0.3) is 0 Å². The SMILES string of the molecule is CC(CC1CC1)NC(C)Cn1cccn1. The molecule has 1 saturated carbocycles. The van der Waals surface area contributed by atoms with Crippen LogP contribution in [0.2, 0.25) is 0 Å². The maximum Gasteiger partial charge on any atom is 0.0560 e. The van der Waals surface area contributed by atoms with Gasteiger partial charge in [-0.25, -0.2) is 0 Å². The molecule has 3 nitrogen and oxygen atoms in total. The van der Waals surface area contributed by atoms with Crippen molar-refractivity contribution in [2.24, 2.45) is 5.92 Å². The molecule has 1 fully saturated rings. The highest BCUT2D eigenvalue weighted by Gasteiger charge is 2.23. The van der Waals surface area contributed by atoms with Gasteiger partial charge < -0.3 is 5.32 Å². The Labute approximate surface area is 91.9 Å². The summed E-state index contributed by atoms with van der Waals surface area (Å²) >= 11 is 0. The maximum absolute atomic E-state index is 4.21. The van der Waals surface area contributed by atoms with Crippen LogP contribution in [0, 0.1) is 5.92 Å². The second-order valence-corrected chi connectivity index (χ2v) is 4.88. The van der Waals surface area contributed by atoms with Crippen LogP contribution in [0.15, 0.2) is 18.5 Å². The number of aromatic nitrogens is 2. The van der Waals surface area contributed by atoms with E-state index in [4.69, 9.17) is 0 Å². The minimum atomic E-state index is 0.499. The first-order chi connectivity index (χ1) is 7.24. The van der Waals surface area contributed by atoms with E-state index in [0.29, 0.717) is 12.1 Å². The predicted octanol–water partition coefficient (Wildman–Crippen LogP) is 2.05. The zero-order chi connectivity index (χ0) is 10.7. The number of nitrogens with one attached hydrogen (secondary N) is 1. The van der Waals surface area contributed by atoms with Gasteiger partial charge in [0.2, 0.25) is 0 Å². The van der Waals surface area contributed by atoms with Crippen molar-refractivity contribution < 1.29 is 0 Å². The zero-order valence-corrected chi connectivity index (χ0v) is 9.69. The molecule has 0 spiro atoms. The summed E-state index contributed by atoms with van der Waals surface area (Å²) in [5.74, 6) is 1.00. The van der Waals surface area contributed by atoms with E-state index in [0.717, 1.165) is 12.5 Å². The van der Waals surface area contributed by atoms with Crippen molar-refractivity contribution in [1.82, 2.24) is 15.1 Å². The number of nitrogens with zero attached hydrogens (tertiary/aromatic N) is 2. The highest BCUT2D eigenvalue weighted by Crippen LogP contribution is 2.33. The summed E-state index contributed by atoms with van der Waals surface area (Å²) in [5.41, 5.74) is 0. The molecule has 1 aromatic rings. The van der Waals surface area contributed by atoms with Crippen molar-refractivity contribution in [2.75, 3.05) is 0 Å². The van der Waals surface area contributed by atoms with Gasteiger partial charge in [0, 0.05) is 24.5 Å². The Balaban J connectivity index is 1.68. The molecule has 0 aromatic carbocycles. The smallest absolute Gasteiger partial charge is 0.0560 e. The first-order valence-corrected chi connectivity index (χ1v) is 5.97. The van der Waals surface area contributed by atoms with Gasteiger partial charge in [0.05, 0.1) is 6.54 Å². The molecule has 1 aromatic heterocycles. The van der Waals surface area contributed by atoms with Crippen molar-refractivity contribution in [2.45, 2.75) is 51.7 Å². The Morgan fingerprint density at radius 3 is 2.80 bits per heavy atom. The van der Waals surface area contributed by atoms with Crippen LogP contribution in [0.3, 0.4) is 0 Å². The molecule has 0 saturated heterocycles. The minimum absolute atomic E-state index is 0.499. The van der Waals surface area contributed by atoms with Crippen LogP contribution >= 0.6 is 0 Å². The van der Waals surface area contributed by atoms with Crippen LogP contribution in [0.25, 0.3) is 0 Å². The molecule has 15 heavy (non-hydrogen) atoms. The Hall–Kier alpha value is -0.830. The summed E-state index contributed by atoms with van der Waals surface area (Å²) in [5, 5.41) is 7.84. The molecule has 2 unspecified atom stereocenters. The van der Waals surface area contributed by atoms with E-state index in [-0.39, 0.29) is 0 Å². The topological polar surface area (TPSA) is 29.9 Å². The molecule has 2 atom stereocenters. The largest absolute Gasteiger partial charge is 0.310 e. The van der Waals surface area contributed by atoms with E-state index in [1.54, 1.807) is 0 Å². The lowest BCUT2D eigenvalue weighted by atomic mass is 10.1. The van der Waals surface area contributed by atoms with E-state index in [9.17, 15) is 0 Å². The first kappa shape index (κ1) is 10.7. The van der Waals surface area contributed by atoms with Crippen molar-refractivity contribution >= 4 is 0 Å². The summed E-state index contributed by atoms with van der Waals surface area (Å²) in [6.07, 6.45) is 8.08. The second kappa shape index (κ2) is 4.79. The van der Waals surface area contributed by atoms with Gasteiger partial charge in [-0.3, -0.25) is 4.68 Å². The van der Waals surface area contributed by atoms with Gasteiger partial charge in [0.1, 0.15) is 0 Å². The Morgan fingerprint density at radius 2 is 2.20 bits per heavy atom. The third-order valence-corrected chi connectivity index (χ3v) is 2.97. The van der Waals surface area contributed by atoms with Gasteiger partial charge in [-0.15, -0.1) is 0 Å². The van der Waals surface area contributed by atoms with Crippen LogP contribution in [-0.4, -0.2) is 21.9 Å². The van der Waals surface area contributed by atoms with Gasteiger partial charge in [-0.1, -0.05) is 12.8 Å². The summed E-state index contributed by atoms with van der Waals surface area (Å²) in [6, 6.07) is 3.11. The highest BCUT2D eigenvalue weighted by atomic mass is 15.3. The van der Waals surface area contributed by atoms with Crippen molar-refractivity contribution in [3.05, 3.63) is 18.5 Å². The van der Waals surface area contributed by atoms with Gasteiger partial charge in [-0.05, 0) is 32.3 Å². The lowest BCUT2D eigenvalue weighted by molar-refractivity contribution is 0.385. The fraction of sp³-hybridized carbons (Fsp3) is 0.750. The van der Waals surface area contributed by atoms with E-state index in [2.05, 4.69) is 24.3 Å². The molecule has 1 aliphatic rings. The molecule has 1 heterocycles. The molecule has 2 rings (SSSR count). The molecular weight excluding hydrogens is 186 g/mol. The summed E-state index contributed by atoms with van der Waals surface area (Å²) in [4.78, 5) is 0. The number of rotatable bonds is 6. The Morgan fingerprint density at radius 1 is 1.40 bits per heavy atom. The molecule has 3 heteroatoms. The third kappa shape index (κ3) is 3.67. The van der Waals surface area contributed by atoms with E-state index in [1.165, 1.54) is 19.3 Å². The third-order valence-electron chi connectivity index (χ3n) is 2.97. The Bertz CT molecular complexity index is 277. The number of hydrogen-bond acceptors (Lipinski definition) is 2. The number of hydrogen-bond donors (Lipinski definition) is 1. The van der Waals surface area contributed by atoms with E-state index >= 15 is 0 Å². The van der Waals surface area contributed by atoms with E-state index < -0.39 is 0 Å². The lowest BCUT2D eigenvalue weighted by Gasteiger charge is -2.19. The summed E-state index contributed by atoms with van der Waals surface area (Å²) in [6.45, 7) is 5.48. The normalized spacial score (nSPS) is 20.1. The molecular formula is C12H21N3. The molecule has 0 bridgehead atoms. The highest BCUT2D eigenvalue weighted by molar-refractivity contribution is 4.81. The molecule has 1 aliphatic carbocycles. The van der Waals surface area contributed by atoms with Crippen molar-refractivity contribution in [3.8, 4) is 0 Å². The van der Waals surface area contributed by atoms with Crippen LogP contribution in [0.4, 0.5) is 0 Å². The fourth-order valence-electron chi connectivity index (χ4n) is 2.15. The van der Waals surface area contributed by atoms with Crippen LogP contribution in [-0.2, 0) is 6.54 Å². The average Bonchev–Trinajstić information content (AvgIpc) is 2.80. The van der Waals surface area contributed by atoms with Crippen LogP contribution in [0.1, 0.15) is 33.1 Å². The van der Waals surface area contributed by atoms with Gasteiger partial charge in [-0.2, -0.15) is 5.10 Å². The predicted molar refractivity (Wildman–Crippen MR) is 61.6 cm³/mol. The first-order valence-electron chi connectivity index (χ1n) is 5.97. The van der Waals surface area contributed by atoms with Crippen molar-refractivity contribution in [3.63, 3.8) is 0 Å². The fourth-order valence-corrected chi connectivity index (χ4v) is 2.15. The van der Waals surface area contributed by atoms with Gasteiger partial charge in [0.15, 0.2) is 0 Å².